The van der Waals surface area contributed by atoms with Gasteiger partial charge in [-0.05, 0) is 31.5 Å². The summed E-state index contributed by atoms with van der Waals surface area (Å²) in [5, 5.41) is 6.97. The van der Waals surface area contributed by atoms with Crippen LogP contribution >= 0.6 is 11.3 Å². The lowest BCUT2D eigenvalue weighted by Crippen LogP contribution is -1.92. The Morgan fingerprint density at radius 2 is 2.09 bits per heavy atom. The number of rotatable bonds is 4. The van der Waals surface area contributed by atoms with E-state index in [0.717, 1.165) is 22.1 Å². The van der Waals surface area contributed by atoms with Gasteiger partial charge in [0.1, 0.15) is 0 Å². The third kappa shape index (κ3) is 3.38. The van der Waals surface area contributed by atoms with Gasteiger partial charge in [-0.2, -0.15) is 5.10 Å². The van der Waals surface area contributed by atoms with E-state index in [1.54, 1.807) is 12.4 Å². The molecular weight excluding hydrogens is 292 g/mol. The van der Waals surface area contributed by atoms with Crippen LogP contribution in [0.2, 0.25) is 0 Å². The first-order chi connectivity index (χ1) is 10.7. The van der Waals surface area contributed by atoms with Crippen molar-refractivity contribution in [2.45, 2.75) is 13.8 Å². The molecule has 5 heteroatoms. The van der Waals surface area contributed by atoms with E-state index in [1.165, 1.54) is 22.5 Å². The maximum atomic E-state index is 4.58. The second-order valence-corrected chi connectivity index (χ2v) is 5.84. The molecule has 22 heavy (non-hydrogen) atoms. The number of aryl methyl sites for hydroxylation is 2. The third-order valence-corrected chi connectivity index (χ3v) is 3.95. The number of hydrazone groups is 1. The fourth-order valence-corrected chi connectivity index (χ4v) is 2.82. The number of benzene rings is 1. The number of hydrogen-bond donors (Lipinski definition) is 1. The molecule has 0 fully saturated rings. The van der Waals surface area contributed by atoms with Crippen molar-refractivity contribution >= 4 is 22.7 Å². The molecule has 0 amide bonds. The minimum atomic E-state index is 0.766. The van der Waals surface area contributed by atoms with Crippen LogP contribution in [0.1, 0.15) is 16.8 Å². The first-order valence-corrected chi connectivity index (χ1v) is 7.83. The van der Waals surface area contributed by atoms with Gasteiger partial charge in [0.2, 0.25) is 5.13 Å². The van der Waals surface area contributed by atoms with Gasteiger partial charge in [0, 0.05) is 17.1 Å². The number of aromatic nitrogens is 2. The van der Waals surface area contributed by atoms with E-state index in [9.17, 15) is 0 Å². The van der Waals surface area contributed by atoms with E-state index in [4.69, 9.17) is 0 Å². The molecule has 1 N–H and O–H groups in total. The van der Waals surface area contributed by atoms with Crippen molar-refractivity contribution < 1.29 is 0 Å². The average Bonchev–Trinajstić information content (AvgIpc) is 2.97. The van der Waals surface area contributed by atoms with Gasteiger partial charge in [-0.15, -0.1) is 11.3 Å². The van der Waals surface area contributed by atoms with Crippen molar-refractivity contribution in [2.24, 2.45) is 5.10 Å². The number of anilines is 1. The van der Waals surface area contributed by atoms with Crippen molar-refractivity contribution in [3.63, 3.8) is 0 Å². The fraction of sp³-hybridized carbons (Fsp3) is 0.118. The Hall–Kier alpha value is -2.53. The largest absolute Gasteiger partial charge is 0.255 e. The van der Waals surface area contributed by atoms with Gasteiger partial charge in [0.25, 0.3) is 0 Å². The highest BCUT2D eigenvalue weighted by molar-refractivity contribution is 7.14. The number of pyridine rings is 1. The third-order valence-electron chi connectivity index (χ3n) is 3.21. The lowest BCUT2D eigenvalue weighted by molar-refractivity contribution is 1.26. The summed E-state index contributed by atoms with van der Waals surface area (Å²) in [5.74, 6) is 0. The summed E-state index contributed by atoms with van der Waals surface area (Å²) in [6.07, 6.45) is 3.42. The summed E-state index contributed by atoms with van der Waals surface area (Å²) in [5.41, 5.74) is 8.37. The summed E-state index contributed by atoms with van der Waals surface area (Å²) in [6.45, 7) is 4.20. The highest BCUT2D eigenvalue weighted by Gasteiger charge is 2.06. The quantitative estimate of drug-likeness (QED) is 0.578. The molecule has 0 aliphatic carbocycles. The lowest BCUT2D eigenvalue weighted by Gasteiger charge is -2.03. The van der Waals surface area contributed by atoms with E-state index in [-0.39, 0.29) is 0 Å². The lowest BCUT2D eigenvalue weighted by atomic mass is 10.0. The van der Waals surface area contributed by atoms with Gasteiger partial charge in [-0.1, -0.05) is 29.8 Å². The molecule has 3 aromatic rings. The van der Waals surface area contributed by atoms with Gasteiger partial charge in [0.15, 0.2) is 0 Å². The molecule has 0 aliphatic rings. The summed E-state index contributed by atoms with van der Waals surface area (Å²) < 4.78 is 0. The van der Waals surface area contributed by atoms with E-state index >= 15 is 0 Å². The number of hydrogen-bond acceptors (Lipinski definition) is 5. The van der Waals surface area contributed by atoms with Gasteiger partial charge < -0.3 is 0 Å². The smallest absolute Gasteiger partial charge is 0.203 e. The van der Waals surface area contributed by atoms with E-state index in [1.807, 2.05) is 23.6 Å². The van der Waals surface area contributed by atoms with Crippen LogP contribution in [0.25, 0.3) is 11.3 Å². The van der Waals surface area contributed by atoms with Crippen molar-refractivity contribution in [3.05, 3.63) is 64.8 Å². The van der Waals surface area contributed by atoms with E-state index in [0.29, 0.717) is 0 Å². The predicted octanol–water partition coefficient (Wildman–Crippen LogP) is 4.27. The molecule has 0 saturated heterocycles. The van der Waals surface area contributed by atoms with Crippen LogP contribution in [-0.2, 0) is 0 Å². The molecule has 0 bridgehead atoms. The minimum absolute atomic E-state index is 0.766. The van der Waals surface area contributed by atoms with Crippen molar-refractivity contribution in [2.75, 3.05) is 5.43 Å². The van der Waals surface area contributed by atoms with Gasteiger partial charge in [0.05, 0.1) is 17.6 Å². The predicted molar refractivity (Wildman–Crippen MR) is 92.5 cm³/mol. The first-order valence-electron chi connectivity index (χ1n) is 6.95. The molecular formula is C17H16N4S. The summed E-state index contributed by atoms with van der Waals surface area (Å²) >= 11 is 1.54. The summed E-state index contributed by atoms with van der Waals surface area (Å²) in [4.78, 5) is 8.75. The molecule has 0 spiro atoms. The maximum Gasteiger partial charge on any atom is 0.203 e. The zero-order valence-corrected chi connectivity index (χ0v) is 13.3. The second kappa shape index (κ2) is 6.49. The highest BCUT2D eigenvalue weighted by Crippen LogP contribution is 2.27. The van der Waals surface area contributed by atoms with Gasteiger partial charge >= 0.3 is 0 Å². The van der Waals surface area contributed by atoms with Crippen LogP contribution in [0, 0.1) is 13.8 Å². The molecule has 2 heterocycles. The number of nitrogens with zero attached hydrogens (tertiary/aromatic N) is 3. The molecule has 110 valence electrons. The Balaban J connectivity index is 1.73. The average molecular weight is 308 g/mol. The monoisotopic (exact) mass is 308 g/mol. The zero-order valence-electron chi connectivity index (χ0n) is 12.4. The second-order valence-electron chi connectivity index (χ2n) is 4.98. The first kappa shape index (κ1) is 14.4. The number of nitrogens with one attached hydrogen (secondary N) is 1. The summed E-state index contributed by atoms with van der Waals surface area (Å²) in [6, 6.07) is 12.1. The Bertz CT molecular complexity index is 793. The minimum Gasteiger partial charge on any atom is -0.255 e. The normalized spacial score (nSPS) is 11.0. The van der Waals surface area contributed by atoms with Gasteiger partial charge in [-0.3, -0.25) is 10.4 Å². The van der Waals surface area contributed by atoms with Crippen LogP contribution in [0.3, 0.4) is 0 Å². The SMILES string of the molecule is Cc1ccc(-c2csc(N/N=C\c3ccccn3)n2)c(C)c1. The molecule has 0 aliphatic heterocycles. The van der Waals surface area contributed by atoms with Crippen LogP contribution in [0.4, 0.5) is 5.13 Å². The van der Waals surface area contributed by atoms with Gasteiger partial charge in [-0.25, -0.2) is 4.98 Å². The highest BCUT2D eigenvalue weighted by atomic mass is 32.1. The fourth-order valence-electron chi connectivity index (χ4n) is 2.16. The van der Waals surface area contributed by atoms with Crippen molar-refractivity contribution in [1.29, 1.82) is 0 Å². The molecule has 0 radical (unpaired) electrons. The molecule has 1 aromatic carbocycles. The topological polar surface area (TPSA) is 50.2 Å². The molecule has 4 nitrogen and oxygen atoms in total. The Morgan fingerprint density at radius 1 is 1.18 bits per heavy atom. The van der Waals surface area contributed by atoms with E-state index < -0.39 is 0 Å². The van der Waals surface area contributed by atoms with Crippen LogP contribution in [-0.4, -0.2) is 16.2 Å². The van der Waals surface area contributed by atoms with Crippen LogP contribution in [0.15, 0.2) is 53.1 Å². The van der Waals surface area contributed by atoms with Crippen molar-refractivity contribution in [3.8, 4) is 11.3 Å². The van der Waals surface area contributed by atoms with Crippen molar-refractivity contribution in [1.82, 2.24) is 9.97 Å². The maximum absolute atomic E-state index is 4.58. The van der Waals surface area contributed by atoms with Crippen LogP contribution < -0.4 is 5.43 Å². The Labute approximate surface area is 133 Å². The molecule has 2 aromatic heterocycles. The molecule has 0 saturated carbocycles. The standard InChI is InChI=1S/C17H16N4S/c1-12-6-7-15(13(2)9-12)16-11-22-17(20-16)21-19-10-14-5-3-4-8-18-14/h3-11H,1-2H3,(H,20,21)/b19-10-. The Kier molecular flexibility index (Phi) is 4.25. The zero-order chi connectivity index (χ0) is 15.4. The number of thiazole rings is 1. The molecule has 0 atom stereocenters. The summed E-state index contributed by atoms with van der Waals surface area (Å²) in [7, 11) is 0. The Morgan fingerprint density at radius 3 is 2.86 bits per heavy atom. The van der Waals surface area contributed by atoms with E-state index in [2.05, 4.69) is 52.5 Å². The molecule has 3 rings (SSSR count). The van der Waals surface area contributed by atoms with Crippen LogP contribution in [0.5, 0.6) is 0 Å². The molecule has 0 unspecified atom stereocenters.